The lowest BCUT2D eigenvalue weighted by atomic mass is 10.0. The van der Waals surface area contributed by atoms with Gasteiger partial charge in [-0.2, -0.15) is 0 Å². The van der Waals surface area contributed by atoms with Crippen molar-refractivity contribution >= 4 is 39.5 Å². The lowest BCUT2D eigenvalue weighted by Crippen LogP contribution is -1.91. The third-order valence-electron chi connectivity index (χ3n) is 4.03. The van der Waals surface area contributed by atoms with Crippen molar-refractivity contribution in [2.45, 2.75) is 0 Å². The van der Waals surface area contributed by atoms with Gasteiger partial charge in [0.15, 0.2) is 24.0 Å². The second kappa shape index (κ2) is 7.50. The Morgan fingerprint density at radius 2 is 1.50 bits per heavy atom. The number of halogens is 1. The van der Waals surface area contributed by atoms with Crippen LogP contribution in [-0.4, -0.2) is 14.9 Å². The number of nitrogens with zero attached hydrogens (tertiary/aromatic N) is 3. The highest BCUT2D eigenvalue weighted by Gasteiger charge is 2.14. The fourth-order valence-electron chi connectivity index (χ4n) is 2.73. The molecule has 0 radical (unpaired) electrons. The number of oxazole rings is 2. The molecule has 8 heteroatoms. The summed E-state index contributed by atoms with van der Waals surface area (Å²) in [7, 11) is 0. The topological polar surface area (TPSA) is 95.2 Å². The zero-order valence-electron chi connectivity index (χ0n) is 14.3. The molecule has 0 fully saturated rings. The van der Waals surface area contributed by atoms with E-state index in [1.54, 1.807) is 54.6 Å². The zero-order chi connectivity index (χ0) is 19.5. The average molecular weight is 394 g/mol. The van der Waals surface area contributed by atoms with E-state index in [0.29, 0.717) is 21.7 Å². The molecule has 28 heavy (non-hydrogen) atoms. The first-order chi connectivity index (χ1) is 13.6. The Morgan fingerprint density at radius 3 is 2.21 bits per heavy atom. The van der Waals surface area contributed by atoms with Gasteiger partial charge in [0, 0.05) is 11.1 Å². The molecule has 7 nitrogen and oxygen atoms in total. The Morgan fingerprint density at radius 1 is 0.857 bits per heavy atom. The zero-order valence-corrected chi connectivity index (χ0v) is 15.0. The van der Waals surface area contributed by atoms with Crippen LogP contribution in [-0.2, 0) is 0 Å². The average Bonchev–Trinajstić information content (AvgIpc) is 3.36. The number of aromatic nitrogens is 2. The van der Waals surface area contributed by atoms with Crippen LogP contribution in [0.5, 0.6) is 0 Å². The summed E-state index contributed by atoms with van der Waals surface area (Å²) < 4.78 is 10.1. The molecule has 0 saturated heterocycles. The quantitative estimate of drug-likeness (QED) is 0.274. The van der Waals surface area contributed by atoms with Crippen molar-refractivity contribution in [2.24, 2.45) is 0 Å². The van der Waals surface area contributed by atoms with E-state index in [1.165, 1.54) is 18.9 Å². The molecule has 3 aromatic carbocycles. The minimum absolute atomic E-state index is 0.0837. The summed E-state index contributed by atoms with van der Waals surface area (Å²) in [6.07, 6.45) is 2.76. The monoisotopic (exact) mass is 393 g/mol. The lowest BCUT2D eigenvalue weighted by Gasteiger charge is -2.02. The van der Waals surface area contributed by atoms with Gasteiger partial charge in [-0.05, 0) is 42.0 Å². The van der Waals surface area contributed by atoms with E-state index in [4.69, 9.17) is 20.4 Å². The summed E-state index contributed by atoms with van der Waals surface area (Å²) in [6.45, 7) is 0. The van der Waals surface area contributed by atoms with Crippen LogP contribution in [0.15, 0.2) is 82.3 Å². The molecule has 0 saturated carbocycles. The van der Waals surface area contributed by atoms with Gasteiger partial charge in [0.1, 0.15) is 11.0 Å². The molecule has 0 aliphatic heterocycles. The number of hydrogen-bond acceptors (Lipinski definition) is 6. The molecular formula is C20H12ClN3O4. The molecule has 0 aliphatic rings. The number of hydrogen-bond donors (Lipinski definition) is 0. The highest BCUT2D eigenvalue weighted by molar-refractivity contribution is 6.31. The van der Waals surface area contributed by atoms with Crippen LogP contribution in [0.2, 0.25) is 5.02 Å². The maximum absolute atomic E-state index is 11.0. The summed E-state index contributed by atoms with van der Waals surface area (Å²) in [4.78, 5) is 18.6. The van der Waals surface area contributed by atoms with Gasteiger partial charge in [-0.3, -0.25) is 10.1 Å². The van der Waals surface area contributed by atoms with Crippen LogP contribution in [0.1, 0.15) is 0 Å². The molecule has 0 unspecified atom stereocenters. The minimum atomic E-state index is -0.387. The SMILES string of the molecule is Clc1ccc2ocnc2c1.O=[N+]([O-])c1ccccc1-c1ccc2ocnc2c1. The number of nitro benzene ring substituents is 1. The van der Waals surface area contributed by atoms with Gasteiger partial charge in [-0.15, -0.1) is 0 Å². The molecule has 0 spiro atoms. The van der Waals surface area contributed by atoms with Gasteiger partial charge in [0.2, 0.25) is 0 Å². The van der Waals surface area contributed by atoms with Crippen molar-refractivity contribution in [3.05, 3.63) is 88.6 Å². The molecular weight excluding hydrogens is 382 g/mol. The van der Waals surface area contributed by atoms with Crippen LogP contribution in [0.4, 0.5) is 5.69 Å². The smallest absolute Gasteiger partial charge is 0.277 e. The minimum Gasteiger partial charge on any atom is -0.443 e. The molecule has 5 aromatic rings. The Bertz CT molecular complexity index is 1280. The summed E-state index contributed by atoms with van der Waals surface area (Å²) in [5.74, 6) is 0. The molecule has 0 amide bonds. The highest BCUT2D eigenvalue weighted by Crippen LogP contribution is 2.31. The van der Waals surface area contributed by atoms with E-state index in [1.807, 2.05) is 0 Å². The van der Waals surface area contributed by atoms with Crippen LogP contribution >= 0.6 is 11.6 Å². The molecule has 0 atom stereocenters. The Balaban J connectivity index is 0.000000162. The molecule has 0 aliphatic carbocycles. The van der Waals surface area contributed by atoms with Gasteiger partial charge in [0.05, 0.1) is 10.5 Å². The lowest BCUT2D eigenvalue weighted by molar-refractivity contribution is -0.384. The number of fused-ring (bicyclic) bond motifs is 2. The molecule has 138 valence electrons. The maximum atomic E-state index is 11.0. The molecule has 2 heterocycles. The van der Waals surface area contributed by atoms with E-state index in [2.05, 4.69) is 9.97 Å². The van der Waals surface area contributed by atoms with Crippen LogP contribution < -0.4 is 0 Å². The van der Waals surface area contributed by atoms with E-state index in [9.17, 15) is 10.1 Å². The predicted molar refractivity (Wildman–Crippen MR) is 105 cm³/mol. The summed E-state index contributed by atoms with van der Waals surface area (Å²) in [5.41, 5.74) is 4.33. The summed E-state index contributed by atoms with van der Waals surface area (Å²) in [5, 5.41) is 11.7. The molecule has 0 bridgehead atoms. The van der Waals surface area contributed by atoms with Crippen molar-refractivity contribution in [3.8, 4) is 11.1 Å². The third-order valence-corrected chi connectivity index (χ3v) is 4.27. The fraction of sp³-hybridized carbons (Fsp3) is 0. The second-order valence-electron chi connectivity index (χ2n) is 5.77. The normalized spacial score (nSPS) is 10.6. The first-order valence-electron chi connectivity index (χ1n) is 8.17. The van der Waals surface area contributed by atoms with E-state index in [-0.39, 0.29) is 10.6 Å². The van der Waals surface area contributed by atoms with Gasteiger partial charge in [-0.1, -0.05) is 29.8 Å². The standard InChI is InChI=1S/C13H8N2O3.C7H4ClNO/c16-15(17)12-4-2-1-3-10(12)9-5-6-13-11(7-9)14-8-18-13;8-5-1-2-7-6(3-5)9-4-10-7/h1-8H;1-4H. The predicted octanol–water partition coefficient (Wildman–Crippen LogP) is 5.88. The third kappa shape index (κ3) is 3.56. The first kappa shape index (κ1) is 17.7. The highest BCUT2D eigenvalue weighted by atomic mass is 35.5. The van der Waals surface area contributed by atoms with Crippen molar-refractivity contribution in [3.63, 3.8) is 0 Å². The number of rotatable bonds is 2. The van der Waals surface area contributed by atoms with E-state index in [0.717, 1.165) is 16.7 Å². The van der Waals surface area contributed by atoms with Gasteiger partial charge < -0.3 is 8.83 Å². The van der Waals surface area contributed by atoms with Crippen molar-refractivity contribution < 1.29 is 13.8 Å². The van der Waals surface area contributed by atoms with Crippen molar-refractivity contribution in [1.29, 1.82) is 0 Å². The van der Waals surface area contributed by atoms with Gasteiger partial charge >= 0.3 is 0 Å². The second-order valence-corrected chi connectivity index (χ2v) is 6.21. The van der Waals surface area contributed by atoms with Crippen LogP contribution in [0.25, 0.3) is 33.3 Å². The fourth-order valence-corrected chi connectivity index (χ4v) is 2.90. The summed E-state index contributed by atoms with van der Waals surface area (Å²) >= 11 is 5.69. The Kier molecular flexibility index (Phi) is 4.74. The van der Waals surface area contributed by atoms with Crippen molar-refractivity contribution in [2.75, 3.05) is 0 Å². The van der Waals surface area contributed by atoms with Gasteiger partial charge in [0.25, 0.3) is 5.69 Å². The van der Waals surface area contributed by atoms with Crippen LogP contribution in [0, 0.1) is 10.1 Å². The Labute approximate surface area is 163 Å². The van der Waals surface area contributed by atoms with Crippen molar-refractivity contribution in [1.82, 2.24) is 9.97 Å². The summed E-state index contributed by atoms with van der Waals surface area (Å²) in [6, 6.07) is 17.3. The van der Waals surface area contributed by atoms with E-state index >= 15 is 0 Å². The largest absolute Gasteiger partial charge is 0.443 e. The number of benzene rings is 3. The van der Waals surface area contributed by atoms with E-state index < -0.39 is 0 Å². The molecule has 5 rings (SSSR count). The van der Waals surface area contributed by atoms with Crippen LogP contribution in [0.3, 0.4) is 0 Å². The van der Waals surface area contributed by atoms with Gasteiger partial charge in [-0.25, -0.2) is 9.97 Å². The molecule has 2 aromatic heterocycles. The maximum Gasteiger partial charge on any atom is 0.277 e. The first-order valence-corrected chi connectivity index (χ1v) is 8.55. The molecule has 0 N–H and O–H groups in total. The Hall–Kier alpha value is -3.71. The number of para-hydroxylation sites is 1. The number of nitro groups is 1.